The number of Topliss-reactive ketones (excluding diaryl/α,β-unsaturated/α-hetero) is 1. The maximum atomic E-state index is 12.2. The molecule has 5 atom stereocenters. The summed E-state index contributed by atoms with van der Waals surface area (Å²) in [6.07, 6.45) is 6.67. The van der Waals surface area contributed by atoms with Crippen molar-refractivity contribution in [2.75, 3.05) is 69.2 Å². The summed E-state index contributed by atoms with van der Waals surface area (Å²) in [5.74, 6) is 1.18. The van der Waals surface area contributed by atoms with Crippen LogP contribution in [0.4, 0.5) is 21.1 Å². The molecule has 0 spiro atoms. The van der Waals surface area contributed by atoms with Gasteiger partial charge in [-0.2, -0.15) is 9.97 Å². The predicted molar refractivity (Wildman–Crippen MR) is 271 cm³/mol. The van der Waals surface area contributed by atoms with Crippen LogP contribution >= 0.6 is 0 Å². The summed E-state index contributed by atoms with van der Waals surface area (Å²) in [6, 6.07) is 12.2. The number of likely N-dealkylation sites (N-methyl/N-ethyl adjacent to an activating group) is 1. The Hall–Kier alpha value is -5.68. The maximum Gasteiger partial charge on any atom is 0.410 e. The standard InChI is InChI=1S/C31H38N6O3.C11H21NO3.C11H19NO3/c1-4-29(39)35-14-16-36(17-15-35)30-25-11-13-37(28-19-23(38)18-22-8-5-6-9-24(22)28)20-26(25)32-31(33-30)40-21(2)27-10-7-12-34(27)3;2*1-8(13)9-6-5-7-12(9)10(14)15-11(2,3)4/h4-6,8-9,18-19,21,27,38H,1,7,10-17,20H2,2-3H3;8-9,13H,5-7H2,1-4H3;9H,5-7H2,1-4H3/t21-,27-;8-,9-;9-/m111/s1. The minimum atomic E-state index is -0.499. The molecule has 17 nitrogen and oxygen atoms in total. The molecule has 0 radical (unpaired) electrons. The summed E-state index contributed by atoms with van der Waals surface area (Å²) < 4.78 is 17.0. The number of ketones is 1. The molecule has 0 aliphatic carbocycles. The van der Waals surface area contributed by atoms with Gasteiger partial charge in [-0.1, -0.05) is 30.8 Å². The van der Waals surface area contributed by atoms with Crippen molar-refractivity contribution >= 4 is 46.2 Å². The van der Waals surface area contributed by atoms with E-state index in [1.807, 2.05) is 70.7 Å². The molecule has 3 amide bonds. The molecule has 4 saturated heterocycles. The topological polar surface area (TPSA) is 182 Å². The van der Waals surface area contributed by atoms with E-state index in [2.05, 4.69) is 41.3 Å². The lowest BCUT2D eigenvalue weighted by atomic mass is 10.0. The summed E-state index contributed by atoms with van der Waals surface area (Å²) in [5.41, 5.74) is 2.13. The number of ether oxygens (including phenoxy) is 3. The number of rotatable bonds is 8. The minimum absolute atomic E-state index is 0.0307. The van der Waals surface area contributed by atoms with Gasteiger partial charge in [0.1, 0.15) is 28.9 Å². The molecule has 3 aromatic rings. The number of aromatic nitrogens is 2. The molecule has 17 heteroatoms. The summed E-state index contributed by atoms with van der Waals surface area (Å²) >= 11 is 0. The van der Waals surface area contributed by atoms with Gasteiger partial charge in [0.2, 0.25) is 5.91 Å². The average Bonchev–Trinajstić information content (AvgIpc) is 4.10. The van der Waals surface area contributed by atoms with Crippen molar-refractivity contribution < 1.29 is 43.6 Å². The Balaban J connectivity index is 0.000000219. The molecule has 1 aromatic heterocycles. The van der Waals surface area contributed by atoms with Gasteiger partial charge in [-0.15, -0.1) is 0 Å². The fraction of sp³-hybridized carbons (Fsp3) is 0.623. The van der Waals surface area contributed by atoms with Crippen LogP contribution in [-0.4, -0.2) is 165 Å². The van der Waals surface area contributed by atoms with Crippen LogP contribution in [0.5, 0.6) is 11.8 Å². The normalized spacial score (nSPS) is 21.5. The Bertz CT molecular complexity index is 2320. The third kappa shape index (κ3) is 13.8. The van der Waals surface area contributed by atoms with Gasteiger partial charge >= 0.3 is 18.2 Å². The molecule has 2 aromatic carbocycles. The number of likely N-dealkylation sites (tertiary alicyclic amines) is 3. The van der Waals surface area contributed by atoms with E-state index in [0.29, 0.717) is 57.9 Å². The van der Waals surface area contributed by atoms with Crippen molar-refractivity contribution in [3.8, 4) is 11.8 Å². The second-order valence-corrected chi connectivity index (χ2v) is 21.2. The minimum Gasteiger partial charge on any atom is -0.508 e. The van der Waals surface area contributed by atoms with Gasteiger partial charge in [-0.25, -0.2) is 9.59 Å². The highest BCUT2D eigenvalue weighted by Gasteiger charge is 2.37. The van der Waals surface area contributed by atoms with Crippen molar-refractivity contribution in [3.05, 3.63) is 60.3 Å². The van der Waals surface area contributed by atoms with Gasteiger partial charge < -0.3 is 44.0 Å². The molecule has 4 fully saturated rings. The SMILES string of the molecule is C=CC(=O)N1CCN(c2nc(O[C@H](C)[C@H]3CCCN3C)nc3c2CCN(c2cc(O)cc4ccccc24)C3)CC1.CC(=O)[C@H]1CCCN1C(=O)OC(C)(C)C.C[C@@H](O)[C@H]1CCCN1C(=O)OC(C)(C)C. The zero-order chi connectivity index (χ0) is 51.1. The van der Waals surface area contributed by atoms with E-state index in [4.69, 9.17) is 24.2 Å². The lowest BCUT2D eigenvalue weighted by Crippen LogP contribution is -2.49. The first-order valence-electron chi connectivity index (χ1n) is 25.1. The molecule has 2 N–H and O–H groups in total. The number of fused-ring (bicyclic) bond motifs is 2. The first-order chi connectivity index (χ1) is 33.0. The number of carbonyl (C=O) groups is 4. The van der Waals surface area contributed by atoms with E-state index in [9.17, 15) is 29.4 Å². The second kappa shape index (κ2) is 23.0. The fourth-order valence-corrected chi connectivity index (χ4v) is 10.1. The summed E-state index contributed by atoms with van der Waals surface area (Å²) in [6.45, 7) is 26.4. The molecule has 0 bridgehead atoms. The lowest BCUT2D eigenvalue weighted by molar-refractivity contribution is -0.126. The Morgan fingerprint density at radius 2 is 1.40 bits per heavy atom. The number of hydrogen-bond donors (Lipinski definition) is 2. The average molecular weight is 971 g/mol. The third-order valence-electron chi connectivity index (χ3n) is 13.5. The van der Waals surface area contributed by atoms with Crippen LogP contribution in [0.2, 0.25) is 0 Å². The van der Waals surface area contributed by atoms with Crippen LogP contribution in [0.3, 0.4) is 0 Å². The lowest BCUT2D eigenvalue weighted by Gasteiger charge is -2.38. The van der Waals surface area contributed by atoms with Crippen molar-refractivity contribution in [3.63, 3.8) is 0 Å². The smallest absolute Gasteiger partial charge is 0.410 e. The Morgan fingerprint density at radius 3 is 2.01 bits per heavy atom. The molecule has 0 saturated carbocycles. The van der Waals surface area contributed by atoms with E-state index < -0.39 is 17.3 Å². The largest absolute Gasteiger partial charge is 0.508 e. The highest BCUT2D eigenvalue weighted by molar-refractivity contribution is 5.96. The number of anilines is 2. The first-order valence-corrected chi connectivity index (χ1v) is 25.1. The molecule has 5 aliphatic rings. The Kier molecular flexibility index (Phi) is 17.7. The molecule has 6 heterocycles. The zero-order valence-electron chi connectivity index (χ0n) is 43.3. The third-order valence-corrected chi connectivity index (χ3v) is 13.5. The number of carbonyl (C=O) groups excluding carboxylic acids is 4. The van der Waals surface area contributed by atoms with E-state index in [1.165, 1.54) is 24.3 Å². The van der Waals surface area contributed by atoms with Crippen LogP contribution in [0, 0.1) is 0 Å². The van der Waals surface area contributed by atoms with Crippen LogP contribution in [-0.2, 0) is 32.0 Å². The summed E-state index contributed by atoms with van der Waals surface area (Å²) in [4.78, 5) is 68.8. The highest BCUT2D eigenvalue weighted by atomic mass is 16.6. The molecular weight excluding hydrogens is 893 g/mol. The molecule has 5 aliphatic heterocycles. The van der Waals surface area contributed by atoms with Gasteiger partial charge in [-0.05, 0) is 138 Å². The van der Waals surface area contributed by atoms with E-state index in [1.54, 1.807) is 17.9 Å². The molecule has 8 rings (SSSR count). The van der Waals surface area contributed by atoms with Gasteiger partial charge in [0, 0.05) is 74.6 Å². The molecule has 70 heavy (non-hydrogen) atoms. The first kappa shape index (κ1) is 53.7. The molecular formula is C53H78N8O9. The summed E-state index contributed by atoms with van der Waals surface area (Å²) in [7, 11) is 2.15. The van der Waals surface area contributed by atoms with Crippen molar-refractivity contribution in [2.45, 2.75) is 155 Å². The highest BCUT2D eigenvalue weighted by Crippen LogP contribution is 2.37. The fourth-order valence-electron chi connectivity index (χ4n) is 10.1. The number of phenolic OH excluding ortho intramolecular Hbond substituents is 1. The van der Waals surface area contributed by atoms with Crippen molar-refractivity contribution in [2.24, 2.45) is 0 Å². The van der Waals surface area contributed by atoms with Crippen LogP contribution in [0.1, 0.15) is 112 Å². The summed E-state index contributed by atoms with van der Waals surface area (Å²) in [5, 5.41) is 22.1. The number of aliphatic hydroxyl groups excluding tert-OH is 1. The number of aromatic hydroxyl groups is 1. The Morgan fingerprint density at radius 1 is 0.786 bits per heavy atom. The van der Waals surface area contributed by atoms with Crippen LogP contribution in [0.15, 0.2) is 49.1 Å². The quantitative estimate of drug-likeness (QED) is 0.214. The van der Waals surface area contributed by atoms with Gasteiger partial charge in [-0.3, -0.25) is 19.4 Å². The van der Waals surface area contributed by atoms with Gasteiger partial charge in [0.25, 0.3) is 0 Å². The second-order valence-electron chi connectivity index (χ2n) is 21.2. The Labute approximate surface area is 414 Å². The van der Waals surface area contributed by atoms with Gasteiger partial charge in [0.15, 0.2) is 5.78 Å². The van der Waals surface area contributed by atoms with Crippen molar-refractivity contribution in [1.29, 1.82) is 0 Å². The van der Waals surface area contributed by atoms with Crippen LogP contribution < -0.4 is 14.5 Å². The maximum absolute atomic E-state index is 12.2. The molecule has 0 unspecified atom stereocenters. The number of phenols is 1. The number of amides is 3. The number of nitrogens with zero attached hydrogens (tertiary/aromatic N) is 8. The number of aliphatic hydroxyl groups is 1. The van der Waals surface area contributed by atoms with Crippen LogP contribution in [0.25, 0.3) is 10.8 Å². The molecule has 384 valence electrons. The zero-order valence-corrected chi connectivity index (χ0v) is 43.3. The van der Waals surface area contributed by atoms with Gasteiger partial charge in [0.05, 0.1) is 30.4 Å². The van der Waals surface area contributed by atoms with E-state index in [0.717, 1.165) is 85.1 Å². The predicted octanol–water partition coefficient (Wildman–Crippen LogP) is 7.34. The number of hydrogen-bond acceptors (Lipinski definition) is 14. The van der Waals surface area contributed by atoms with Crippen molar-refractivity contribution in [1.82, 2.24) is 29.6 Å². The van der Waals surface area contributed by atoms with E-state index in [-0.39, 0.29) is 47.8 Å². The number of benzene rings is 2. The van der Waals surface area contributed by atoms with E-state index >= 15 is 0 Å². The monoisotopic (exact) mass is 971 g/mol. The number of piperazine rings is 1.